The van der Waals surface area contributed by atoms with E-state index in [0.717, 1.165) is 4.90 Å². The zero-order chi connectivity index (χ0) is 28.3. The van der Waals surface area contributed by atoms with Gasteiger partial charge in [-0.05, 0) is 56.7 Å². The van der Waals surface area contributed by atoms with Crippen molar-refractivity contribution in [1.29, 1.82) is 0 Å². The van der Waals surface area contributed by atoms with Gasteiger partial charge >= 0.3 is 11.7 Å². The Morgan fingerprint density at radius 3 is 2.26 bits per heavy atom. The van der Waals surface area contributed by atoms with Crippen LogP contribution in [0.5, 0.6) is 5.75 Å². The van der Waals surface area contributed by atoms with E-state index >= 15 is 0 Å². The van der Waals surface area contributed by atoms with Crippen molar-refractivity contribution in [3.8, 4) is 5.75 Å². The summed E-state index contributed by atoms with van der Waals surface area (Å²) in [6, 6.07) is 21.2. The van der Waals surface area contributed by atoms with Crippen molar-refractivity contribution >= 4 is 40.0 Å². The average molecular weight is 530 g/mol. The van der Waals surface area contributed by atoms with E-state index in [1.54, 1.807) is 87.3 Å². The van der Waals surface area contributed by atoms with Gasteiger partial charge in [0.2, 0.25) is 0 Å². The van der Waals surface area contributed by atoms with Gasteiger partial charge in [-0.2, -0.15) is 0 Å². The van der Waals surface area contributed by atoms with Crippen molar-refractivity contribution in [3.63, 3.8) is 0 Å². The third kappa shape index (κ3) is 5.94. The van der Waals surface area contributed by atoms with Crippen molar-refractivity contribution in [2.45, 2.75) is 32.4 Å². The fourth-order valence-electron chi connectivity index (χ4n) is 4.13. The second kappa shape index (κ2) is 11.0. The summed E-state index contributed by atoms with van der Waals surface area (Å²) in [7, 11) is 3.20. The fraction of sp³-hybridized carbons (Fsp3) is 0.233. The predicted octanol–water partition coefficient (Wildman–Crippen LogP) is 5.54. The third-order valence-corrected chi connectivity index (χ3v) is 6.00. The first-order chi connectivity index (χ1) is 18.5. The van der Waals surface area contributed by atoms with E-state index in [-0.39, 0.29) is 11.4 Å². The van der Waals surface area contributed by atoms with E-state index in [2.05, 4.69) is 0 Å². The summed E-state index contributed by atoms with van der Waals surface area (Å²) in [5.74, 6) is -0.441. The molecular formula is C30H31N3O6. The van der Waals surface area contributed by atoms with Crippen LogP contribution in [-0.2, 0) is 9.53 Å². The van der Waals surface area contributed by atoms with Gasteiger partial charge in [-0.15, -0.1) is 0 Å². The van der Waals surface area contributed by atoms with Crippen LogP contribution in [0.2, 0.25) is 0 Å². The number of rotatable bonds is 6. The quantitative estimate of drug-likeness (QED) is 0.324. The number of amides is 2. The summed E-state index contributed by atoms with van der Waals surface area (Å²) < 4.78 is 16.5. The molecule has 0 saturated carbocycles. The van der Waals surface area contributed by atoms with Crippen molar-refractivity contribution < 1.29 is 23.5 Å². The number of carbonyl (C=O) groups excluding carboxylic acids is 2. The zero-order valence-electron chi connectivity index (χ0n) is 22.5. The molecule has 0 aliphatic heterocycles. The molecule has 2 amide bonds. The standard InChI is InChI=1S/C30H31N3O6/c1-30(2,3)39-29(36)33(28(35)27(31)19-11-7-6-8-12-19)23-17-20(15-16-25(23)37-5)32(4)22-18-26(34)38-24-14-10-9-13-21(22)24/h6-18,27H,31H2,1-5H3/t27-/m0/s1. The van der Waals surface area contributed by atoms with Gasteiger partial charge in [0.25, 0.3) is 5.91 Å². The number of fused-ring (bicyclic) bond motifs is 1. The van der Waals surface area contributed by atoms with Crippen LogP contribution in [0.4, 0.5) is 21.9 Å². The molecule has 0 radical (unpaired) electrons. The lowest BCUT2D eigenvalue weighted by molar-refractivity contribution is -0.119. The van der Waals surface area contributed by atoms with Crippen molar-refractivity contribution in [2.24, 2.45) is 5.73 Å². The van der Waals surface area contributed by atoms with Gasteiger partial charge in [0.1, 0.15) is 23.0 Å². The number of hydrogen-bond acceptors (Lipinski definition) is 8. The van der Waals surface area contributed by atoms with Gasteiger partial charge in [0.05, 0.1) is 18.5 Å². The van der Waals surface area contributed by atoms with E-state index in [1.165, 1.54) is 13.2 Å². The highest BCUT2D eigenvalue weighted by atomic mass is 16.6. The molecule has 202 valence electrons. The van der Waals surface area contributed by atoms with Crippen LogP contribution in [-0.4, -0.2) is 31.8 Å². The highest BCUT2D eigenvalue weighted by Crippen LogP contribution is 2.38. The maximum absolute atomic E-state index is 13.8. The van der Waals surface area contributed by atoms with E-state index in [1.807, 2.05) is 18.2 Å². The van der Waals surface area contributed by atoms with Crippen LogP contribution >= 0.6 is 0 Å². The number of para-hydroxylation sites is 1. The zero-order valence-corrected chi connectivity index (χ0v) is 22.5. The molecule has 4 rings (SSSR count). The molecule has 9 heteroatoms. The molecule has 0 aliphatic rings. The normalized spacial score (nSPS) is 12.1. The number of benzene rings is 3. The first kappa shape index (κ1) is 27.4. The molecule has 1 aromatic heterocycles. The minimum Gasteiger partial charge on any atom is -0.495 e. The molecule has 0 saturated heterocycles. The lowest BCUT2D eigenvalue weighted by Gasteiger charge is -2.30. The number of methoxy groups -OCH3 is 1. The van der Waals surface area contributed by atoms with Gasteiger partial charge in [-0.25, -0.2) is 14.5 Å². The lowest BCUT2D eigenvalue weighted by Crippen LogP contribution is -2.45. The Bertz CT molecular complexity index is 1560. The van der Waals surface area contributed by atoms with Gasteiger partial charge < -0.3 is 24.5 Å². The fourth-order valence-corrected chi connectivity index (χ4v) is 4.13. The summed E-state index contributed by atoms with van der Waals surface area (Å²) in [5, 5.41) is 0.711. The highest BCUT2D eigenvalue weighted by molar-refractivity contribution is 6.15. The molecule has 39 heavy (non-hydrogen) atoms. The van der Waals surface area contributed by atoms with Crippen molar-refractivity contribution in [3.05, 3.63) is 94.8 Å². The predicted molar refractivity (Wildman–Crippen MR) is 151 cm³/mol. The minimum atomic E-state index is -1.15. The Balaban J connectivity index is 1.85. The second-order valence-corrected chi connectivity index (χ2v) is 9.90. The summed E-state index contributed by atoms with van der Waals surface area (Å²) in [4.78, 5) is 42.2. The summed E-state index contributed by atoms with van der Waals surface area (Å²) in [6.45, 7) is 5.12. The first-order valence-electron chi connectivity index (χ1n) is 12.3. The Hall–Kier alpha value is -4.63. The Kier molecular flexibility index (Phi) is 7.73. The Morgan fingerprint density at radius 1 is 0.923 bits per heavy atom. The van der Waals surface area contributed by atoms with Gasteiger partial charge in [-0.1, -0.05) is 42.5 Å². The average Bonchev–Trinajstić information content (AvgIpc) is 2.91. The number of imide groups is 1. The summed E-state index contributed by atoms with van der Waals surface area (Å²) >= 11 is 0. The Labute approximate surface area is 226 Å². The van der Waals surface area contributed by atoms with Crippen LogP contribution in [0.3, 0.4) is 0 Å². The largest absolute Gasteiger partial charge is 0.495 e. The smallest absolute Gasteiger partial charge is 0.421 e. The number of hydrogen-bond donors (Lipinski definition) is 1. The minimum absolute atomic E-state index is 0.139. The molecule has 9 nitrogen and oxygen atoms in total. The number of nitrogens with zero attached hydrogens (tertiary/aromatic N) is 2. The number of nitrogens with two attached hydrogens (primary N) is 1. The van der Waals surface area contributed by atoms with Crippen LogP contribution < -0.4 is 25.9 Å². The molecule has 0 bridgehead atoms. The molecule has 4 aromatic rings. The molecule has 3 aromatic carbocycles. The van der Waals surface area contributed by atoms with Crippen LogP contribution in [0.25, 0.3) is 11.0 Å². The number of anilines is 3. The van der Waals surface area contributed by atoms with Gasteiger partial charge in [0.15, 0.2) is 0 Å². The van der Waals surface area contributed by atoms with E-state index in [4.69, 9.17) is 19.6 Å². The molecule has 0 fully saturated rings. The molecule has 0 spiro atoms. The van der Waals surface area contributed by atoms with Crippen molar-refractivity contribution in [2.75, 3.05) is 24.0 Å². The van der Waals surface area contributed by atoms with Crippen LogP contribution in [0.1, 0.15) is 32.4 Å². The maximum atomic E-state index is 13.8. The van der Waals surface area contributed by atoms with E-state index in [9.17, 15) is 14.4 Å². The van der Waals surface area contributed by atoms with Crippen LogP contribution in [0, 0.1) is 0 Å². The molecular weight excluding hydrogens is 498 g/mol. The summed E-state index contributed by atoms with van der Waals surface area (Å²) in [6.07, 6.45) is -0.900. The first-order valence-corrected chi connectivity index (χ1v) is 12.3. The van der Waals surface area contributed by atoms with Gasteiger partial charge in [0, 0.05) is 24.2 Å². The third-order valence-electron chi connectivity index (χ3n) is 6.00. The monoisotopic (exact) mass is 529 g/mol. The van der Waals surface area contributed by atoms with Crippen LogP contribution in [0.15, 0.2) is 88.1 Å². The number of ether oxygens (including phenoxy) is 2. The Morgan fingerprint density at radius 2 is 1.59 bits per heavy atom. The molecule has 1 heterocycles. The highest BCUT2D eigenvalue weighted by Gasteiger charge is 2.35. The van der Waals surface area contributed by atoms with Crippen molar-refractivity contribution in [1.82, 2.24) is 0 Å². The maximum Gasteiger partial charge on any atom is 0.421 e. The summed E-state index contributed by atoms with van der Waals surface area (Å²) in [5.41, 5.74) is 7.19. The topological polar surface area (TPSA) is 115 Å². The SMILES string of the molecule is COc1ccc(N(C)c2cc(=O)oc3ccccc23)cc1N(C(=O)OC(C)(C)C)C(=O)[C@@H](N)c1ccccc1. The second-order valence-electron chi connectivity index (χ2n) is 9.90. The van der Waals surface area contributed by atoms with E-state index < -0.39 is 29.3 Å². The molecule has 2 N–H and O–H groups in total. The lowest BCUT2D eigenvalue weighted by atomic mass is 10.1. The molecule has 1 atom stereocenters. The molecule has 0 aliphatic carbocycles. The van der Waals surface area contributed by atoms with Gasteiger partial charge in [-0.3, -0.25) is 4.79 Å². The number of carbonyl (C=O) groups is 2. The van der Waals surface area contributed by atoms with E-state index in [0.29, 0.717) is 27.9 Å². The molecule has 0 unspecified atom stereocenters.